The molecule has 0 aliphatic carbocycles. The number of rotatable bonds is 4. The molecule has 2 heterocycles. The lowest BCUT2D eigenvalue weighted by Crippen LogP contribution is -2.06. The van der Waals surface area contributed by atoms with Crippen molar-refractivity contribution in [3.05, 3.63) is 36.0 Å². The van der Waals surface area contributed by atoms with Gasteiger partial charge in [-0.15, -0.1) is 0 Å². The second-order valence-electron chi connectivity index (χ2n) is 4.01. The summed E-state index contributed by atoms with van der Waals surface area (Å²) in [6, 6.07) is 1.75. The molecule has 0 amide bonds. The van der Waals surface area contributed by atoms with E-state index in [1.54, 1.807) is 18.5 Å². The van der Waals surface area contributed by atoms with E-state index < -0.39 is 5.82 Å². The lowest BCUT2D eigenvalue weighted by atomic mass is 10.1. The van der Waals surface area contributed by atoms with Gasteiger partial charge in [-0.25, -0.2) is 14.4 Å². The molecule has 18 heavy (non-hydrogen) atoms. The highest BCUT2D eigenvalue weighted by molar-refractivity contribution is 5.63. The van der Waals surface area contributed by atoms with Crippen molar-refractivity contribution in [2.45, 2.75) is 20.3 Å². The fraction of sp³-hybridized carbons (Fsp3) is 0.308. The van der Waals surface area contributed by atoms with E-state index in [0.717, 1.165) is 24.1 Å². The molecule has 0 atom stereocenters. The van der Waals surface area contributed by atoms with Crippen molar-refractivity contribution in [3.8, 4) is 11.3 Å². The summed E-state index contributed by atoms with van der Waals surface area (Å²) in [6.07, 6.45) is 5.48. The maximum atomic E-state index is 13.8. The minimum atomic E-state index is -0.425. The number of pyridine rings is 1. The predicted molar refractivity (Wildman–Crippen MR) is 68.7 cm³/mol. The zero-order valence-electron chi connectivity index (χ0n) is 10.4. The fourth-order valence-corrected chi connectivity index (χ4v) is 1.62. The van der Waals surface area contributed by atoms with Crippen LogP contribution < -0.4 is 5.32 Å². The zero-order valence-corrected chi connectivity index (χ0v) is 10.4. The zero-order chi connectivity index (χ0) is 13.0. The summed E-state index contributed by atoms with van der Waals surface area (Å²) in [6.45, 7) is 4.69. The highest BCUT2D eigenvalue weighted by Crippen LogP contribution is 2.23. The van der Waals surface area contributed by atoms with Crippen LogP contribution in [0.1, 0.15) is 18.9 Å². The molecule has 0 bridgehead atoms. The third-order valence-corrected chi connectivity index (χ3v) is 2.55. The molecule has 5 heteroatoms. The Bertz CT molecular complexity index is 542. The van der Waals surface area contributed by atoms with Crippen molar-refractivity contribution in [1.29, 1.82) is 0 Å². The van der Waals surface area contributed by atoms with Crippen LogP contribution in [0.3, 0.4) is 0 Å². The summed E-state index contributed by atoms with van der Waals surface area (Å²) >= 11 is 0. The first kappa shape index (κ1) is 12.4. The van der Waals surface area contributed by atoms with Gasteiger partial charge in [0.05, 0.1) is 6.20 Å². The van der Waals surface area contributed by atoms with Crippen LogP contribution in [0.15, 0.2) is 24.7 Å². The van der Waals surface area contributed by atoms with E-state index in [2.05, 4.69) is 20.3 Å². The normalized spacial score (nSPS) is 10.4. The lowest BCUT2D eigenvalue weighted by Gasteiger charge is -2.08. The van der Waals surface area contributed by atoms with Crippen LogP contribution >= 0.6 is 0 Å². The van der Waals surface area contributed by atoms with Gasteiger partial charge in [-0.2, -0.15) is 0 Å². The average molecular weight is 246 g/mol. The molecule has 1 N–H and O–H groups in total. The van der Waals surface area contributed by atoms with Crippen LogP contribution in [-0.2, 0) is 0 Å². The molecule has 0 unspecified atom stereocenters. The fourth-order valence-electron chi connectivity index (χ4n) is 1.62. The standard InChI is InChI=1S/C13H15FN4/c1-3-5-16-13-17-8-11(14)12(18-13)10-4-6-15-7-9(10)2/h4,6-8H,3,5H2,1-2H3,(H,16,17,18). The van der Waals surface area contributed by atoms with Gasteiger partial charge >= 0.3 is 0 Å². The molecular weight excluding hydrogens is 231 g/mol. The van der Waals surface area contributed by atoms with E-state index in [-0.39, 0.29) is 0 Å². The van der Waals surface area contributed by atoms with E-state index in [4.69, 9.17) is 0 Å². The molecule has 2 rings (SSSR count). The summed E-state index contributed by atoms with van der Waals surface area (Å²) in [5.41, 5.74) is 1.93. The summed E-state index contributed by atoms with van der Waals surface area (Å²) in [5, 5.41) is 3.05. The highest BCUT2D eigenvalue weighted by atomic mass is 19.1. The van der Waals surface area contributed by atoms with Crippen molar-refractivity contribution in [2.24, 2.45) is 0 Å². The van der Waals surface area contributed by atoms with Gasteiger partial charge in [0.1, 0.15) is 5.69 Å². The lowest BCUT2D eigenvalue weighted by molar-refractivity contribution is 0.618. The van der Waals surface area contributed by atoms with Gasteiger partial charge in [-0.1, -0.05) is 6.92 Å². The largest absolute Gasteiger partial charge is 0.354 e. The predicted octanol–water partition coefficient (Wildman–Crippen LogP) is 2.81. The Labute approximate surface area is 105 Å². The Morgan fingerprint density at radius 3 is 2.89 bits per heavy atom. The van der Waals surface area contributed by atoms with Crippen molar-refractivity contribution >= 4 is 5.95 Å². The molecule has 0 fully saturated rings. The van der Waals surface area contributed by atoms with Gasteiger partial charge in [0.15, 0.2) is 5.82 Å². The van der Waals surface area contributed by atoms with E-state index in [9.17, 15) is 4.39 Å². The SMILES string of the molecule is CCCNc1ncc(F)c(-c2ccncc2C)n1. The molecule has 4 nitrogen and oxygen atoms in total. The first-order valence-electron chi connectivity index (χ1n) is 5.89. The third kappa shape index (κ3) is 2.61. The van der Waals surface area contributed by atoms with E-state index in [1.165, 1.54) is 6.20 Å². The highest BCUT2D eigenvalue weighted by Gasteiger charge is 2.11. The molecule has 0 aliphatic rings. The maximum absolute atomic E-state index is 13.8. The molecule has 0 aliphatic heterocycles. The molecule has 0 radical (unpaired) electrons. The summed E-state index contributed by atoms with van der Waals surface area (Å²) < 4.78 is 13.8. The number of aryl methyl sites for hydroxylation is 1. The smallest absolute Gasteiger partial charge is 0.223 e. The minimum Gasteiger partial charge on any atom is -0.354 e. The van der Waals surface area contributed by atoms with Crippen molar-refractivity contribution in [1.82, 2.24) is 15.0 Å². The molecular formula is C13H15FN4. The molecule has 0 aromatic carbocycles. The first-order chi connectivity index (χ1) is 8.72. The Balaban J connectivity index is 2.40. The van der Waals surface area contributed by atoms with Gasteiger partial charge in [0.2, 0.25) is 5.95 Å². The van der Waals surface area contributed by atoms with Crippen LogP contribution in [0, 0.1) is 12.7 Å². The Hall–Kier alpha value is -2.04. The topological polar surface area (TPSA) is 50.7 Å². The third-order valence-electron chi connectivity index (χ3n) is 2.55. The van der Waals surface area contributed by atoms with Crippen LogP contribution in [0.4, 0.5) is 10.3 Å². The molecule has 2 aromatic heterocycles. The van der Waals surface area contributed by atoms with Crippen molar-refractivity contribution in [2.75, 3.05) is 11.9 Å². The van der Waals surface area contributed by atoms with Gasteiger partial charge in [-0.3, -0.25) is 4.98 Å². The average Bonchev–Trinajstić information content (AvgIpc) is 2.39. The summed E-state index contributed by atoms with van der Waals surface area (Å²) in [7, 11) is 0. The number of anilines is 1. The summed E-state index contributed by atoms with van der Waals surface area (Å²) in [5.74, 6) is 0.0239. The Morgan fingerprint density at radius 2 is 2.17 bits per heavy atom. The number of hydrogen-bond acceptors (Lipinski definition) is 4. The van der Waals surface area contributed by atoms with Crippen molar-refractivity contribution < 1.29 is 4.39 Å². The first-order valence-corrected chi connectivity index (χ1v) is 5.89. The van der Waals surface area contributed by atoms with Gasteiger partial charge in [-0.05, 0) is 25.0 Å². The monoisotopic (exact) mass is 246 g/mol. The number of nitrogens with one attached hydrogen (secondary N) is 1. The number of halogens is 1. The van der Waals surface area contributed by atoms with E-state index in [1.807, 2.05) is 13.8 Å². The quantitative estimate of drug-likeness (QED) is 0.901. The van der Waals surface area contributed by atoms with Gasteiger partial charge in [0, 0.05) is 24.5 Å². The van der Waals surface area contributed by atoms with E-state index >= 15 is 0 Å². The van der Waals surface area contributed by atoms with Crippen molar-refractivity contribution in [3.63, 3.8) is 0 Å². The molecule has 0 saturated carbocycles. The number of nitrogens with zero attached hydrogens (tertiary/aromatic N) is 3. The van der Waals surface area contributed by atoms with Crippen LogP contribution in [-0.4, -0.2) is 21.5 Å². The molecule has 94 valence electrons. The molecule has 2 aromatic rings. The van der Waals surface area contributed by atoms with E-state index in [0.29, 0.717) is 11.6 Å². The molecule has 0 saturated heterocycles. The summed E-state index contributed by atoms with van der Waals surface area (Å²) in [4.78, 5) is 12.1. The number of hydrogen-bond donors (Lipinski definition) is 1. The Kier molecular flexibility index (Phi) is 3.82. The van der Waals surface area contributed by atoms with Gasteiger partial charge in [0.25, 0.3) is 0 Å². The second-order valence-corrected chi connectivity index (χ2v) is 4.01. The maximum Gasteiger partial charge on any atom is 0.223 e. The molecule has 0 spiro atoms. The number of aromatic nitrogens is 3. The van der Waals surface area contributed by atoms with Gasteiger partial charge < -0.3 is 5.32 Å². The minimum absolute atomic E-state index is 0.309. The van der Waals surface area contributed by atoms with Crippen LogP contribution in [0.25, 0.3) is 11.3 Å². The Morgan fingerprint density at radius 1 is 1.33 bits per heavy atom. The van der Waals surface area contributed by atoms with Crippen LogP contribution in [0.2, 0.25) is 0 Å². The van der Waals surface area contributed by atoms with Crippen LogP contribution in [0.5, 0.6) is 0 Å². The second kappa shape index (κ2) is 5.53.